The van der Waals surface area contributed by atoms with Gasteiger partial charge >= 0.3 is 0 Å². The van der Waals surface area contributed by atoms with E-state index < -0.39 is 11.6 Å². The number of para-hydroxylation sites is 1. The summed E-state index contributed by atoms with van der Waals surface area (Å²) in [5.74, 6) is -1.80. The first kappa shape index (κ1) is 12.3. The molecule has 0 fully saturated rings. The van der Waals surface area contributed by atoms with Gasteiger partial charge in [-0.1, -0.05) is 12.1 Å². The van der Waals surface area contributed by atoms with E-state index in [1.165, 1.54) is 18.3 Å². The lowest BCUT2D eigenvalue weighted by Gasteiger charge is -2.10. The Labute approximate surface area is 113 Å². The van der Waals surface area contributed by atoms with Crippen LogP contribution in [0.4, 0.5) is 14.5 Å². The molecule has 1 aromatic heterocycles. The molecule has 0 unspecified atom stereocenters. The SMILES string of the molecule is Nc1cccc2c(Oc3cccc(F)c3F)ccnc12. The summed E-state index contributed by atoms with van der Waals surface area (Å²) in [6.07, 6.45) is 1.51. The molecule has 0 amide bonds. The maximum atomic E-state index is 13.6. The van der Waals surface area contributed by atoms with E-state index in [0.29, 0.717) is 22.3 Å². The first-order valence-corrected chi connectivity index (χ1v) is 5.92. The van der Waals surface area contributed by atoms with Gasteiger partial charge in [0.15, 0.2) is 11.6 Å². The van der Waals surface area contributed by atoms with E-state index in [1.807, 2.05) is 0 Å². The van der Waals surface area contributed by atoms with Crippen molar-refractivity contribution in [1.82, 2.24) is 4.98 Å². The predicted octanol–water partition coefficient (Wildman–Crippen LogP) is 3.89. The summed E-state index contributed by atoms with van der Waals surface area (Å²) in [5.41, 5.74) is 6.87. The van der Waals surface area contributed by atoms with Crippen molar-refractivity contribution in [2.75, 3.05) is 5.73 Å². The number of fused-ring (bicyclic) bond motifs is 1. The fourth-order valence-electron chi connectivity index (χ4n) is 1.94. The third kappa shape index (κ3) is 2.03. The average molecular weight is 272 g/mol. The molecule has 0 aliphatic heterocycles. The van der Waals surface area contributed by atoms with Crippen LogP contribution in [0, 0.1) is 11.6 Å². The van der Waals surface area contributed by atoms with E-state index in [9.17, 15) is 8.78 Å². The summed E-state index contributed by atoms with van der Waals surface area (Å²) < 4.78 is 32.2. The highest BCUT2D eigenvalue weighted by molar-refractivity contribution is 5.93. The monoisotopic (exact) mass is 272 g/mol. The quantitative estimate of drug-likeness (QED) is 0.720. The molecule has 0 aliphatic rings. The molecule has 0 aliphatic carbocycles. The van der Waals surface area contributed by atoms with Gasteiger partial charge in [-0.3, -0.25) is 4.98 Å². The number of rotatable bonds is 2. The van der Waals surface area contributed by atoms with Crippen molar-refractivity contribution in [2.24, 2.45) is 0 Å². The van der Waals surface area contributed by atoms with Crippen molar-refractivity contribution in [3.05, 3.63) is 60.3 Å². The molecule has 0 spiro atoms. The Balaban J connectivity index is 2.12. The van der Waals surface area contributed by atoms with Crippen molar-refractivity contribution >= 4 is 16.6 Å². The smallest absolute Gasteiger partial charge is 0.201 e. The molecule has 3 aromatic rings. The lowest BCUT2D eigenvalue weighted by atomic mass is 10.2. The van der Waals surface area contributed by atoms with Crippen molar-refractivity contribution in [3.8, 4) is 11.5 Å². The zero-order chi connectivity index (χ0) is 14.1. The topological polar surface area (TPSA) is 48.1 Å². The van der Waals surface area contributed by atoms with Crippen molar-refractivity contribution in [2.45, 2.75) is 0 Å². The van der Waals surface area contributed by atoms with Gasteiger partial charge in [0.2, 0.25) is 5.82 Å². The minimum absolute atomic E-state index is 0.181. The van der Waals surface area contributed by atoms with Crippen LogP contribution in [0.3, 0.4) is 0 Å². The van der Waals surface area contributed by atoms with Crippen molar-refractivity contribution < 1.29 is 13.5 Å². The first-order valence-electron chi connectivity index (χ1n) is 5.92. The van der Waals surface area contributed by atoms with Gasteiger partial charge in [0, 0.05) is 11.6 Å². The molecule has 0 saturated heterocycles. The van der Waals surface area contributed by atoms with Gasteiger partial charge in [0.25, 0.3) is 0 Å². The molecule has 3 rings (SSSR count). The second-order valence-electron chi connectivity index (χ2n) is 4.21. The van der Waals surface area contributed by atoms with E-state index in [2.05, 4.69) is 4.98 Å². The van der Waals surface area contributed by atoms with Crippen LogP contribution in [0.25, 0.3) is 10.9 Å². The lowest BCUT2D eigenvalue weighted by Crippen LogP contribution is -1.94. The molecule has 1 heterocycles. The van der Waals surface area contributed by atoms with Crippen LogP contribution in [0.5, 0.6) is 11.5 Å². The normalized spacial score (nSPS) is 10.7. The summed E-state index contributed by atoms with van der Waals surface area (Å²) in [6.45, 7) is 0. The number of benzene rings is 2. The standard InChI is InChI=1S/C15H10F2N2O/c16-10-4-2-6-13(14(10)17)20-12-7-8-19-15-9(12)3-1-5-11(15)18/h1-8H,18H2. The number of ether oxygens (including phenoxy) is 1. The Morgan fingerprint density at radius 1 is 0.950 bits per heavy atom. The van der Waals surface area contributed by atoms with E-state index in [4.69, 9.17) is 10.5 Å². The summed E-state index contributed by atoms with van der Waals surface area (Å²) in [4.78, 5) is 4.15. The van der Waals surface area contributed by atoms with Crippen LogP contribution in [0.15, 0.2) is 48.7 Å². The number of hydrogen-bond acceptors (Lipinski definition) is 3. The molecule has 5 heteroatoms. The Hall–Kier alpha value is -2.69. The molecular weight excluding hydrogens is 262 g/mol. The van der Waals surface area contributed by atoms with Crippen LogP contribution in [-0.4, -0.2) is 4.98 Å². The van der Waals surface area contributed by atoms with Gasteiger partial charge in [-0.15, -0.1) is 0 Å². The molecule has 100 valence electrons. The zero-order valence-corrected chi connectivity index (χ0v) is 10.3. The Morgan fingerprint density at radius 3 is 2.60 bits per heavy atom. The third-order valence-electron chi connectivity index (χ3n) is 2.90. The van der Waals surface area contributed by atoms with E-state index in [1.54, 1.807) is 24.3 Å². The van der Waals surface area contributed by atoms with Crippen LogP contribution in [0.2, 0.25) is 0 Å². The van der Waals surface area contributed by atoms with Gasteiger partial charge in [-0.25, -0.2) is 4.39 Å². The third-order valence-corrected chi connectivity index (χ3v) is 2.90. The maximum Gasteiger partial charge on any atom is 0.201 e. The van der Waals surface area contributed by atoms with Gasteiger partial charge in [-0.05, 0) is 30.3 Å². The number of nitrogens with two attached hydrogens (primary N) is 1. The zero-order valence-electron chi connectivity index (χ0n) is 10.3. The van der Waals surface area contributed by atoms with Crippen LogP contribution < -0.4 is 10.5 Å². The molecule has 2 N–H and O–H groups in total. The number of aromatic nitrogens is 1. The highest BCUT2D eigenvalue weighted by atomic mass is 19.2. The summed E-state index contributed by atoms with van der Waals surface area (Å²) in [6, 6.07) is 10.6. The fraction of sp³-hybridized carbons (Fsp3) is 0. The van der Waals surface area contributed by atoms with Gasteiger partial charge in [-0.2, -0.15) is 4.39 Å². The Morgan fingerprint density at radius 2 is 1.75 bits per heavy atom. The molecular formula is C15H10F2N2O. The average Bonchev–Trinajstić information content (AvgIpc) is 2.45. The van der Waals surface area contributed by atoms with E-state index in [0.717, 1.165) is 6.07 Å². The maximum absolute atomic E-state index is 13.6. The van der Waals surface area contributed by atoms with Crippen LogP contribution in [0.1, 0.15) is 0 Å². The van der Waals surface area contributed by atoms with Crippen molar-refractivity contribution in [3.63, 3.8) is 0 Å². The number of pyridine rings is 1. The predicted molar refractivity (Wildman–Crippen MR) is 72.6 cm³/mol. The van der Waals surface area contributed by atoms with E-state index in [-0.39, 0.29) is 5.75 Å². The van der Waals surface area contributed by atoms with Gasteiger partial charge in [0.1, 0.15) is 5.75 Å². The summed E-state index contributed by atoms with van der Waals surface area (Å²) in [5, 5.41) is 0.635. The molecule has 0 saturated carbocycles. The molecule has 0 atom stereocenters. The molecule has 3 nitrogen and oxygen atoms in total. The van der Waals surface area contributed by atoms with Crippen LogP contribution >= 0.6 is 0 Å². The molecule has 0 radical (unpaired) electrons. The number of nitrogen functional groups attached to an aromatic ring is 1. The number of nitrogens with zero attached hydrogens (tertiary/aromatic N) is 1. The van der Waals surface area contributed by atoms with Gasteiger partial charge in [0.05, 0.1) is 11.2 Å². The molecule has 0 bridgehead atoms. The summed E-state index contributed by atoms with van der Waals surface area (Å²) >= 11 is 0. The van der Waals surface area contributed by atoms with Gasteiger partial charge < -0.3 is 10.5 Å². The second kappa shape index (κ2) is 4.77. The Bertz CT molecular complexity index is 790. The molecule has 2 aromatic carbocycles. The number of halogens is 2. The fourth-order valence-corrected chi connectivity index (χ4v) is 1.94. The highest BCUT2D eigenvalue weighted by Gasteiger charge is 2.12. The number of hydrogen-bond donors (Lipinski definition) is 1. The van der Waals surface area contributed by atoms with E-state index >= 15 is 0 Å². The minimum atomic E-state index is -1.03. The van der Waals surface area contributed by atoms with Crippen molar-refractivity contribution in [1.29, 1.82) is 0 Å². The minimum Gasteiger partial charge on any atom is -0.453 e. The first-order chi connectivity index (χ1) is 9.66. The highest BCUT2D eigenvalue weighted by Crippen LogP contribution is 2.32. The second-order valence-corrected chi connectivity index (χ2v) is 4.21. The molecule has 20 heavy (non-hydrogen) atoms. The van der Waals surface area contributed by atoms with Crippen LogP contribution in [-0.2, 0) is 0 Å². The lowest BCUT2D eigenvalue weighted by molar-refractivity contribution is 0.419. The number of anilines is 1. The Kier molecular flexibility index (Phi) is 2.95. The summed E-state index contributed by atoms with van der Waals surface area (Å²) in [7, 11) is 0. The largest absolute Gasteiger partial charge is 0.453 e.